The third kappa shape index (κ3) is 4.50. The molecule has 2 N–H and O–H groups in total. The lowest BCUT2D eigenvalue weighted by Gasteiger charge is -2.32. The zero-order chi connectivity index (χ0) is 19.3. The summed E-state index contributed by atoms with van der Waals surface area (Å²) in [5.74, 6) is 1.93. The van der Waals surface area contributed by atoms with Crippen LogP contribution < -0.4 is 15.4 Å². The minimum absolute atomic E-state index is 0.475. The molecule has 0 bridgehead atoms. The minimum atomic E-state index is 0.475. The fourth-order valence-corrected chi connectivity index (χ4v) is 4.85. The molecule has 2 aliphatic rings. The van der Waals surface area contributed by atoms with Gasteiger partial charge in [-0.3, -0.25) is 9.89 Å². The van der Waals surface area contributed by atoms with Crippen molar-refractivity contribution in [3.63, 3.8) is 0 Å². The zero-order valence-electron chi connectivity index (χ0n) is 16.8. The summed E-state index contributed by atoms with van der Waals surface area (Å²) in [6, 6.07) is 9.29. The van der Waals surface area contributed by atoms with Crippen molar-refractivity contribution in [3.05, 3.63) is 51.2 Å². The average Bonchev–Trinajstić information content (AvgIpc) is 3.38. The molecule has 0 radical (unpaired) electrons. The number of fused-ring (bicyclic) bond motifs is 2. The molecule has 0 spiro atoms. The highest BCUT2D eigenvalue weighted by Gasteiger charge is 2.21. The Bertz CT molecular complexity index is 832. The predicted molar refractivity (Wildman–Crippen MR) is 117 cm³/mol. The van der Waals surface area contributed by atoms with Gasteiger partial charge in [-0.25, -0.2) is 0 Å². The first-order valence-corrected chi connectivity index (χ1v) is 11.1. The van der Waals surface area contributed by atoms with Gasteiger partial charge in [0.05, 0.1) is 6.61 Å². The first-order valence-electron chi connectivity index (χ1n) is 10.2. The van der Waals surface area contributed by atoms with Crippen LogP contribution >= 0.6 is 11.3 Å². The second-order valence-electron chi connectivity index (χ2n) is 7.61. The molecule has 2 aliphatic heterocycles. The van der Waals surface area contributed by atoms with Crippen LogP contribution in [0.4, 0.5) is 0 Å². The van der Waals surface area contributed by atoms with Crippen LogP contribution in [0.1, 0.15) is 28.5 Å². The summed E-state index contributed by atoms with van der Waals surface area (Å²) < 4.78 is 5.58. The van der Waals surface area contributed by atoms with Crippen molar-refractivity contribution >= 4 is 17.3 Å². The van der Waals surface area contributed by atoms with Crippen molar-refractivity contribution in [2.75, 3.05) is 33.3 Å². The van der Waals surface area contributed by atoms with Crippen LogP contribution in [0.2, 0.25) is 0 Å². The molecule has 0 amide bonds. The van der Waals surface area contributed by atoms with Crippen LogP contribution in [0.3, 0.4) is 0 Å². The number of hydrogen-bond acceptors (Lipinski definition) is 4. The molecule has 3 heterocycles. The van der Waals surface area contributed by atoms with Gasteiger partial charge < -0.3 is 15.4 Å². The van der Waals surface area contributed by atoms with Gasteiger partial charge in [0, 0.05) is 50.6 Å². The van der Waals surface area contributed by atoms with E-state index in [0.717, 1.165) is 57.3 Å². The highest BCUT2D eigenvalue weighted by Crippen LogP contribution is 2.26. The fraction of sp³-hybridized carbons (Fsp3) is 0.500. The van der Waals surface area contributed by atoms with Crippen molar-refractivity contribution in [2.24, 2.45) is 4.99 Å². The van der Waals surface area contributed by atoms with E-state index in [1.807, 2.05) is 18.4 Å². The quantitative estimate of drug-likeness (QED) is 0.580. The van der Waals surface area contributed by atoms with Crippen molar-refractivity contribution in [3.8, 4) is 5.75 Å². The predicted octanol–water partition coefficient (Wildman–Crippen LogP) is 2.84. The van der Waals surface area contributed by atoms with E-state index in [0.29, 0.717) is 6.04 Å². The lowest BCUT2D eigenvalue weighted by atomic mass is 10.1. The number of nitrogens with one attached hydrogen (secondary N) is 2. The summed E-state index contributed by atoms with van der Waals surface area (Å²) in [6.07, 6.45) is 3.19. The number of hydrogen-bond donors (Lipinski definition) is 2. The molecule has 0 fully saturated rings. The van der Waals surface area contributed by atoms with E-state index in [-0.39, 0.29) is 0 Å². The molecule has 4 rings (SSSR count). The maximum atomic E-state index is 5.58. The molecule has 1 aromatic heterocycles. The van der Waals surface area contributed by atoms with Crippen molar-refractivity contribution in [1.29, 1.82) is 0 Å². The molecule has 1 aromatic carbocycles. The Morgan fingerprint density at radius 3 is 3.07 bits per heavy atom. The van der Waals surface area contributed by atoms with Crippen LogP contribution in [-0.2, 0) is 25.8 Å². The van der Waals surface area contributed by atoms with Gasteiger partial charge in [-0.15, -0.1) is 11.3 Å². The SMILES string of the molecule is CN=C(NCCc1ccc2c(c1)CCO2)NCC(C)N1CCc2sccc2C1. The van der Waals surface area contributed by atoms with Crippen LogP contribution in [0.5, 0.6) is 5.75 Å². The monoisotopic (exact) mass is 398 g/mol. The molecular weight excluding hydrogens is 368 g/mol. The second kappa shape index (κ2) is 8.97. The molecule has 0 saturated heterocycles. The van der Waals surface area contributed by atoms with Gasteiger partial charge in [0.1, 0.15) is 5.75 Å². The third-order valence-corrected chi connectivity index (χ3v) is 6.73. The van der Waals surface area contributed by atoms with Gasteiger partial charge in [0.25, 0.3) is 0 Å². The van der Waals surface area contributed by atoms with E-state index in [4.69, 9.17) is 4.74 Å². The van der Waals surface area contributed by atoms with Gasteiger partial charge in [-0.05, 0) is 54.0 Å². The Morgan fingerprint density at radius 2 is 2.18 bits per heavy atom. The second-order valence-corrected chi connectivity index (χ2v) is 8.61. The zero-order valence-corrected chi connectivity index (χ0v) is 17.6. The number of nitrogens with zero attached hydrogens (tertiary/aromatic N) is 2. The molecule has 2 aromatic rings. The van der Waals surface area contributed by atoms with Crippen molar-refractivity contribution in [1.82, 2.24) is 15.5 Å². The van der Waals surface area contributed by atoms with E-state index in [2.05, 4.69) is 57.1 Å². The normalized spacial score (nSPS) is 17.6. The van der Waals surface area contributed by atoms with Crippen molar-refractivity contribution in [2.45, 2.75) is 38.8 Å². The van der Waals surface area contributed by atoms with Crippen LogP contribution in [-0.4, -0.2) is 50.2 Å². The number of ether oxygens (including phenoxy) is 1. The smallest absolute Gasteiger partial charge is 0.191 e. The maximum absolute atomic E-state index is 5.58. The average molecular weight is 399 g/mol. The maximum Gasteiger partial charge on any atom is 0.191 e. The summed E-state index contributed by atoms with van der Waals surface area (Å²) in [4.78, 5) is 8.50. The Balaban J connectivity index is 1.20. The number of thiophene rings is 1. The van der Waals surface area contributed by atoms with Crippen LogP contribution in [0.15, 0.2) is 34.6 Å². The highest BCUT2D eigenvalue weighted by molar-refractivity contribution is 7.10. The van der Waals surface area contributed by atoms with E-state index in [1.165, 1.54) is 23.1 Å². The molecule has 150 valence electrons. The number of aliphatic imine (C=N–C) groups is 1. The topological polar surface area (TPSA) is 48.9 Å². The molecule has 0 aliphatic carbocycles. The summed E-state index contributed by atoms with van der Waals surface area (Å²) in [6.45, 7) is 7.09. The molecular formula is C22H30N4OS. The van der Waals surface area contributed by atoms with E-state index >= 15 is 0 Å². The van der Waals surface area contributed by atoms with Gasteiger partial charge in [0.2, 0.25) is 0 Å². The summed E-state index contributed by atoms with van der Waals surface area (Å²) in [5, 5.41) is 9.16. The fourth-order valence-electron chi connectivity index (χ4n) is 3.96. The first kappa shape index (κ1) is 19.3. The number of guanidine groups is 1. The Morgan fingerprint density at radius 1 is 1.25 bits per heavy atom. The van der Waals surface area contributed by atoms with Crippen LogP contribution in [0.25, 0.3) is 0 Å². The molecule has 0 saturated carbocycles. The molecule has 6 heteroatoms. The minimum Gasteiger partial charge on any atom is -0.493 e. The van der Waals surface area contributed by atoms with Crippen LogP contribution in [0, 0.1) is 0 Å². The van der Waals surface area contributed by atoms with E-state index in [1.54, 1.807) is 4.88 Å². The Labute approximate surface area is 171 Å². The Kier molecular flexibility index (Phi) is 6.17. The summed E-state index contributed by atoms with van der Waals surface area (Å²) >= 11 is 1.90. The lowest BCUT2D eigenvalue weighted by Crippen LogP contribution is -2.47. The summed E-state index contributed by atoms with van der Waals surface area (Å²) in [5.41, 5.74) is 4.19. The molecule has 5 nitrogen and oxygen atoms in total. The highest BCUT2D eigenvalue weighted by atomic mass is 32.1. The number of rotatable bonds is 6. The lowest BCUT2D eigenvalue weighted by molar-refractivity contribution is 0.192. The standard InChI is InChI=1S/C22H30N4OS/c1-16(26-10-6-21-19(15-26)8-12-28-21)14-25-22(23-2)24-9-5-17-3-4-20-18(13-17)7-11-27-20/h3-4,8,12-13,16H,5-7,9-11,14-15H2,1-2H3,(H2,23,24,25). The molecule has 1 unspecified atom stereocenters. The van der Waals surface area contributed by atoms with Gasteiger partial charge in [-0.2, -0.15) is 0 Å². The van der Waals surface area contributed by atoms with Crippen molar-refractivity contribution < 1.29 is 4.74 Å². The number of benzene rings is 1. The molecule has 1 atom stereocenters. The van der Waals surface area contributed by atoms with Gasteiger partial charge >= 0.3 is 0 Å². The third-order valence-electron chi connectivity index (χ3n) is 5.71. The Hall–Kier alpha value is -2.05. The first-order chi connectivity index (χ1) is 13.7. The largest absolute Gasteiger partial charge is 0.493 e. The summed E-state index contributed by atoms with van der Waals surface area (Å²) in [7, 11) is 1.84. The van der Waals surface area contributed by atoms with Gasteiger partial charge in [0.15, 0.2) is 5.96 Å². The van der Waals surface area contributed by atoms with E-state index < -0.39 is 0 Å². The molecule has 28 heavy (non-hydrogen) atoms. The van der Waals surface area contributed by atoms with E-state index in [9.17, 15) is 0 Å². The van der Waals surface area contributed by atoms with Gasteiger partial charge in [-0.1, -0.05) is 12.1 Å².